The fourth-order valence-corrected chi connectivity index (χ4v) is 0.535. The Bertz CT molecular complexity index is 46.5. The molecule has 0 aliphatic carbocycles. The largest absolute Gasteiger partial charge is 0.329 e. The lowest BCUT2D eigenvalue weighted by Gasteiger charge is -2.14. The fraction of sp³-hybridized carbons (Fsp3) is 1.00. The third kappa shape index (κ3) is 2.28. The van der Waals surface area contributed by atoms with E-state index >= 15 is 0 Å². The van der Waals surface area contributed by atoms with E-state index in [0.717, 1.165) is 6.42 Å². The van der Waals surface area contributed by atoms with Crippen LogP contribution in [0.3, 0.4) is 0 Å². The predicted molar refractivity (Wildman–Crippen MR) is 36.5 cm³/mol. The zero-order chi connectivity index (χ0) is 6.57. The highest BCUT2D eigenvalue weighted by Gasteiger charge is 2.06. The van der Waals surface area contributed by atoms with Crippen LogP contribution in [0.5, 0.6) is 0 Å². The summed E-state index contributed by atoms with van der Waals surface area (Å²) in [4.78, 5) is 0. The molecule has 0 radical (unpaired) electrons. The van der Waals surface area contributed by atoms with E-state index in [1.54, 1.807) is 0 Å². The van der Waals surface area contributed by atoms with Gasteiger partial charge in [0.2, 0.25) is 0 Å². The summed E-state index contributed by atoms with van der Waals surface area (Å²) in [5, 5.41) is 0. The van der Waals surface area contributed by atoms with E-state index < -0.39 is 0 Å². The highest BCUT2D eigenvalue weighted by molar-refractivity contribution is 4.67. The molecule has 0 aromatic heterocycles. The van der Waals surface area contributed by atoms with Gasteiger partial charge in [0.15, 0.2) is 0 Å². The molecule has 4 N–H and O–H groups in total. The fourth-order valence-electron chi connectivity index (χ4n) is 0.535. The van der Waals surface area contributed by atoms with Crippen molar-refractivity contribution in [1.29, 1.82) is 0 Å². The van der Waals surface area contributed by atoms with Gasteiger partial charge in [0.05, 0.1) is 0 Å². The number of rotatable bonds is 3. The summed E-state index contributed by atoms with van der Waals surface area (Å²) in [6.45, 7) is 4.85. The Morgan fingerprint density at radius 2 is 2.00 bits per heavy atom. The monoisotopic (exact) mass is 116 g/mol. The third-order valence-electron chi connectivity index (χ3n) is 1.65. The zero-order valence-corrected chi connectivity index (χ0v) is 5.72. The Hall–Kier alpha value is -0.0800. The summed E-state index contributed by atoms with van der Waals surface area (Å²) in [5.74, 6) is 0.569. The Balaban J connectivity index is 3.29. The molecule has 2 nitrogen and oxygen atoms in total. The van der Waals surface area contributed by atoms with E-state index in [1.165, 1.54) is 0 Å². The van der Waals surface area contributed by atoms with Crippen molar-refractivity contribution in [1.82, 2.24) is 0 Å². The Labute approximate surface area is 51.2 Å². The van der Waals surface area contributed by atoms with Gasteiger partial charge in [0, 0.05) is 12.6 Å². The average Bonchev–Trinajstić information content (AvgIpc) is 1.84. The molecule has 8 heavy (non-hydrogen) atoms. The van der Waals surface area contributed by atoms with Crippen LogP contribution in [-0.4, -0.2) is 12.6 Å². The minimum atomic E-state index is 0.194. The molecule has 1 unspecified atom stereocenters. The van der Waals surface area contributed by atoms with E-state index in [9.17, 15) is 0 Å². The number of hydrogen-bond acceptors (Lipinski definition) is 2. The summed E-state index contributed by atoms with van der Waals surface area (Å²) in [6, 6.07) is 0.194. The molecule has 2 heteroatoms. The van der Waals surface area contributed by atoms with Crippen LogP contribution >= 0.6 is 0 Å². The van der Waals surface area contributed by atoms with Crippen LogP contribution in [0, 0.1) is 5.92 Å². The highest BCUT2D eigenvalue weighted by atomic mass is 14.7. The molecule has 0 saturated carbocycles. The molecule has 0 rings (SSSR count). The molecule has 0 spiro atoms. The number of nitrogens with two attached hydrogens (primary N) is 2. The van der Waals surface area contributed by atoms with Crippen LogP contribution in [0.15, 0.2) is 0 Å². The van der Waals surface area contributed by atoms with Crippen molar-refractivity contribution in [3.05, 3.63) is 0 Å². The molecule has 0 bridgehead atoms. The molecule has 0 amide bonds. The van der Waals surface area contributed by atoms with Gasteiger partial charge in [-0.3, -0.25) is 0 Å². The molecule has 2 atom stereocenters. The van der Waals surface area contributed by atoms with Crippen molar-refractivity contribution < 1.29 is 0 Å². The molecular formula is C6H16N2. The molecule has 0 aliphatic rings. The molecule has 0 heterocycles. The molecule has 0 aromatic rings. The van der Waals surface area contributed by atoms with Crippen molar-refractivity contribution in [2.24, 2.45) is 17.4 Å². The van der Waals surface area contributed by atoms with Gasteiger partial charge >= 0.3 is 0 Å². The zero-order valence-electron chi connectivity index (χ0n) is 5.72. The van der Waals surface area contributed by atoms with Crippen LogP contribution in [0.2, 0.25) is 0 Å². The summed E-state index contributed by atoms with van der Waals surface area (Å²) < 4.78 is 0. The van der Waals surface area contributed by atoms with Crippen molar-refractivity contribution in [3.8, 4) is 0 Å². The molecule has 0 aliphatic heterocycles. The van der Waals surface area contributed by atoms with E-state index in [0.29, 0.717) is 12.5 Å². The first-order chi connectivity index (χ1) is 3.72. The van der Waals surface area contributed by atoms with Gasteiger partial charge in [0.1, 0.15) is 0 Å². The summed E-state index contributed by atoms with van der Waals surface area (Å²) >= 11 is 0. The number of hydrogen-bond donors (Lipinski definition) is 2. The van der Waals surface area contributed by atoms with Gasteiger partial charge in [-0.25, -0.2) is 0 Å². The Kier molecular flexibility index (Phi) is 3.83. The molecule has 50 valence electrons. The van der Waals surface area contributed by atoms with Crippen molar-refractivity contribution in [2.75, 3.05) is 6.54 Å². The Morgan fingerprint density at radius 3 is 2.12 bits per heavy atom. The first-order valence-electron chi connectivity index (χ1n) is 3.18. The minimum absolute atomic E-state index is 0.194. The summed E-state index contributed by atoms with van der Waals surface area (Å²) in [7, 11) is 0. The maximum Gasteiger partial charge on any atom is 0.0188 e. The van der Waals surface area contributed by atoms with Crippen molar-refractivity contribution in [3.63, 3.8) is 0 Å². The molecular weight excluding hydrogens is 100 g/mol. The van der Waals surface area contributed by atoms with Crippen LogP contribution < -0.4 is 11.5 Å². The van der Waals surface area contributed by atoms with E-state index in [1.807, 2.05) is 0 Å². The summed E-state index contributed by atoms with van der Waals surface area (Å²) in [6.07, 6.45) is 1.12. The van der Waals surface area contributed by atoms with Gasteiger partial charge in [-0.1, -0.05) is 20.3 Å². The van der Waals surface area contributed by atoms with E-state index in [-0.39, 0.29) is 6.04 Å². The third-order valence-corrected chi connectivity index (χ3v) is 1.65. The van der Waals surface area contributed by atoms with Crippen molar-refractivity contribution >= 4 is 0 Å². The highest BCUT2D eigenvalue weighted by Crippen LogP contribution is 2.02. The second kappa shape index (κ2) is 3.87. The topological polar surface area (TPSA) is 52.0 Å². The lowest BCUT2D eigenvalue weighted by atomic mass is 10.0. The molecule has 0 fully saturated rings. The maximum atomic E-state index is 5.60. The molecule has 0 saturated heterocycles. The van der Waals surface area contributed by atoms with Crippen LogP contribution in [0.25, 0.3) is 0 Å². The quantitative estimate of drug-likeness (QED) is 0.558. The summed E-state index contributed by atoms with van der Waals surface area (Å²) in [5.41, 5.74) is 10.9. The normalized spacial score (nSPS) is 18.0. The van der Waals surface area contributed by atoms with Crippen LogP contribution in [0.4, 0.5) is 0 Å². The Morgan fingerprint density at radius 1 is 1.50 bits per heavy atom. The second-order valence-electron chi connectivity index (χ2n) is 2.29. The maximum absolute atomic E-state index is 5.60. The van der Waals surface area contributed by atoms with E-state index in [4.69, 9.17) is 11.5 Å². The van der Waals surface area contributed by atoms with Gasteiger partial charge in [-0.15, -0.1) is 0 Å². The smallest absolute Gasteiger partial charge is 0.0188 e. The lowest BCUT2D eigenvalue weighted by Crippen LogP contribution is -2.35. The van der Waals surface area contributed by atoms with Gasteiger partial charge < -0.3 is 11.5 Å². The van der Waals surface area contributed by atoms with Gasteiger partial charge in [-0.2, -0.15) is 0 Å². The van der Waals surface area contributed by atoms with Crippen LogP contribution in [0.1, 0.15) is 20.3 Å². The average molecular weight is 116 g/mol. The standard InChI is InChI=1S/C6H16N2/c1-3-5(2)6(8)4-7/h5-6H,3-4,7-8H2,1-2H3/t5-,6?/m0/s1. The molecule has 0 aromatic carbocycles. The van der Waals surface area contributed by atoms with Crippen molar-refractivity contribution in [2.45, 2.75) is 26.3 Å². The second-order valence-corrected chi connectivity index (χ2v) is 2.29. The van der Waals surface area contributed by atoms with Gasteiger partial charge in [-0.05, 0) is 5.92 Å². The minimum Gasteiger partial charge on any atom is -0.329 e. The first-order valence-corrected chi connectivity index (χ1v) is 3.18. The first kappa shape index (κ1) is 7.92. The lowest BCUT2D eigenvalue weighted by molar-refractivity contribution is 0.449. The van der Waals surface area contributed by atoms with Gasteiger partial charge in [0.25, 0.3) is 0 Å². The van der Waals surface area contributed by atoms with Crippen LogP contribution in [-0.2, 0) is 0 Å². The predicted octanol–water partition coefficient (Wildman–Crippen LogP) is 0.319. The van der Waals surface area contributed by atoms with E-state index in [2.05, 4.69) is 13.8 Å². The SMILES string of the molecule is CC[C@H](C)C(N)CN.